The van der Waals surface area contributed by atoms with Gasteiger partial charge in [-0.15, -0.1) is 0 Å². The van der Waals surface area contributed by atoms with E-state index in [2.05, 4.69) is 4.98 Å². The van der Waals surface area contributed by atoms with Crippen molar-refractivity contribution in [3.8, 4) is 11.6 Å². The Labute approximate surface area is 115 Å². The minimum Gasteiger partial charge on any atom is -0.478 e. The fourth-order valence-corrected chi connectivity index (χ4v) is 1.73. The highest BCUT2D eigenvalue weighted by Crippen LogP contribution is 2.26. The lowest BCUT2D eigenvalue weighted by Gasteiger charge is -2.09. The Hall–Kier alpha value is -2.43. The van der Waals surface area contributed by atoms with Gasteiger partial charge in [0, 0.05) is 11.8 Å². The number of carbonyl (C=O) groups is 1. The predicted molar refractivity (Wildman–Crippen MR) is 71.8 cm³/mol. The quantitative estimate of drug-likeness (QED) is 0.926. The van der Waals surface area contributed by atoms with Crippen LogP contribution < -0.4 is 4.74 Å². The van der Waals surface area contributed by atoms with E-state index in [-0.39, 0.29) is 17.2 Å². The summed E-state index contributed by atoms with van der Waals surface area (Å²) in [5, 5.41) is 9.04. The molecule has 0 radical (unpaired) electrons. The first-order chi connectivity index (χ1) is 9.51. The molecule has 4 nitrogen and oxygen atoms in total. The van der Waals surface area contributed by atoms with E-state index < -0.39 is 11.8 Å². The van der Waals surface area contributed by atoms with Crippen LogP contribution in [0.4, 0.5) is 4.39 Å². The van der Waals surface area contributed by atoms with E-state index in [1.165, 1.54) is 18.2 Å². The highest BCUT2D eigenvalue weighted by molar-refractivity contribution is 5.88. The molecule has 2 aromatic rings. The Balaban J connectivity index is 2.40. The number of nitrogens with zero attached hydrogens (tertiary/aromatic N) is 1. The van der Waals surface area contributed by atoms with E-state index >= 15 is 0 Å². The van der Waals surface area contributed by atoms with Crippen molar-refractivity contribution in [2.45, 2.75) is 20.3 Å². The molecule has 0 atom stereocenters. The number of carboxylic acids is 1. The van der Waals surface area contributed by atoms with Crippen molar-refractivity contribution in [2.24, 2.45) is 0 Å². The zero-order valence-corrected chi connectivity index (χ0v) is 11.2. The Kier molecular flexibility index (Phi) is 3.98. The van der Waals surface area contributed by atoms with Crippen molar-refractivity contribution in [2.75, 3.05) is 0 Å². The molecule has 0 aliphatic heterocycles. The molecule has 2 rings (SSSR count). The van der Waals surface area contributed by atoms with Gasteiger partial charge in [0.15, 0.2) is 11.6 Å². The number of aromatic nitrogens is 1. The second-order valence-electron chi connectivity index (χ2n) is 4.33. The first-order valence-corrected chi connectivity index (χ1v) is 6.18. The Morgan fingerprint density at radius 3 is 2.80 bits per heavy atom. The molecule has 1 heterocycles. The monoisotopic (exact) mass is 275 g/mol. The van der Waals surface area contributed by atoms with E-state index in [0.717, 1.165) is 0 Å². The lowest BCUT2D eigenvalue weighted by atomic mass is 10.2. The number of hydrogen-bond acceptors (Lipinski definition) is 3. The molecule has 1 aromatic heterocycles. The summed E-state index contributed by atoms with van der Waals surface area (Å²) in [7, 11) is 0. The van der Waals surface area contributed by atoms with Crippen molar-refractivity contribution >= 4 is 5.97 Å². The average Bonchev–Trinajstić information content (AvgIpc) is 2.43. The van der Waals surface area contributed by atoms with Crippen LogP contribution in [-0.2, 0) is 6.42 Å². The largest absolute Gasteiger partial charge is 0.478 e. The standard InChI is InChI=1S/C15H14FNO3/c1-3-11-7-10(15(18)19)8-13(17-11)20-12-6-4-5-9(2)14(12)16/h4-8H,3H2,1-2H3,(H,18,19). The summed E-state index contributed by atoms with van der Waals surface area (Å²) < 4.78 is 19.2. The van der Waals surface area contributed by atoms with E-state index in [4.69, 9.17) is 9.84 Å². The maximum Gasteiger partial charge on any atom is 0.335 e. The van der Waals surface area contributed by atoms with Crippen molar-refractivity contribution in [3.05, 3.63) is 53.0 Å². The molecule has 0 unspecified atom stereocenters. The molecule has 104 valence electrons. The summed E-state index contributed by atoms with van der Waals surface area (Å²) in [6.45, 7) is 3.48. The van der Waals surface area contributed by atoms with Gasteiger partial charge in [0.1, 0.15) is 0 Å². The number of ether oxygens (including phenoxy) is 1. The second-order valence-corrected chi connectivity index (χ2v) is 4.33. The molecular weight excluding hydrogens is 261 g/mol. The molecule has 0 fully saturated rings. The van der Waals surface area contributed by atoms with Crippen molar-refractivity contribution in [1.29, 1.82) is 0 Å². The Bertz CT molecular complexity index is 656. The number of aromatic carboxylic acids is 1. The molecule has 20 heavy (non-hydrogen) atoms. The van der Waals surface area contributed by atoms with Crippen LogP contribution in [0.15, 0.2) is 30.3 Å². The maximum absolute atomic E-state index is 13.9. The average molecular weight is 275 g/mol. The summed E-state index contributed by atoms with van der Waals surface area (Å²) in [6, 6.07) is 7.52. The third-order valence-corrected chi connectivity index (χ3v) is 2.83. The first kappa shape index (κ1) is 14.0. The molecule has 1 aromatic carbocycles. The fourth-order valence-electron chi connectivity index (χ4n) is 1.73. The molecule has 5 heteroatoms. The highest BCUT2D eigenvalue weighted by atomic mass is 19.1. The third-order valence-electron chi connectivity index (χ3n) is 2.83. The molecule has 0 saturated heterocycles. The molecule has 0 saturated carbocycles. The van der Waals surface area contributed by atoms with Gasteiger partial charge in [-0.05, 0) is 31.0 Å². The minimum absolute atomic E-state index is 0.0297. The summed E-state index contributed by atoms with van der Waals surface area (Å²) in [4.78, 5) is 15.2. The van der Waals surface area contributed by atoms with Gasteiger partial charge < -0.3 is 9.84 Å². The number of aryl methyl sites for hydroxylation is 2. The van der Waals surface area contributed by atoms with Crippen LogP contribution in [-0.4, -0.2) is 16.1 Å². The minimum atomic E-state index is -1.07. The van der Waals surface area contributed by atoms with Crippen LogP contribution in [0.2, 0.25) is 0 Å². The molecule has 1 N–H and O–H groups in total. The topological polar surface area (TPSA) is 59.4 Å². The SMILES string of the molecule is CCc1cc(C(=O)O)cc(Oc2cccc(C)c2F)n1. The van der Waals surface area contributed by atoms with Crippen LogP contribution in [0.1, 0.15) is 28.5 Å². The summed E-state index contributed by atoms with van der Waals surface area (Å²) in [5.41, 5.74) is 1.10. The smallest absolute Gasteiger partial charge is 0.335 e. The van der Waals surface area contributed by atoms with Gasteiger partial charge in [-0.1, -0.05) is 19.1 Å². The van der Waals surface area contributed by atoms with E-state index in [1.54, 1.807) is 19.1 Å². The van der Waals surface area contributed by atoms with Crippen LogP contribution in [0.5, 0.6) is 11.6 Å². The lowest BCUT2D eigenvalue weighted by Crippen LogP contribution is -2.02. The highest BCUT2D eigenvalue weighted by Gasteiger charge is 2.12. The first-order valence-electron chi connectivity index (χ1n) is 6.18. The number of hydrogen-bond donors (Lipinski definition) is 1. The number of pyridine rings is 1. The van der Waals surface area contributed by atoms with Crippen molar-refractivity contribution < 1.29 is 19.0 Å². The van der Waals surface area contributed by atoms with Crippen molar-refractivity contribution in [3.63, 3.8) is 0 Å². The molecule has 0 amide bonds. The summed E-state index contributed by atoms with van der Waals surface area (Å²) in [6.07, 6.45) is 0.563. The molecule has 0 spiro atoms. The third kappa shape index (κ3) is 2.93. The summed E-state index contributed by atoms with van der Waals surface area (Å²) >= 11 is 0. The van der Waals surface area contributed by atoms with Gasteiger partial charge in [0.2, 0.25) is 5.88 Å². The zero-order valence-electron chi connectivity index (χ0n) is 11.2. The summed E-state index contributed by atoms with van der Waals surface area (Å²) in [5.74, 6) is -1.45. The fraction of sp³-hybridized carbons (Fsp3) is 0.200. The lowest BCUT2D eigenvalue weighted by molar-refractivity contribution is 0.0696. The van der Waals surface area contributed by atoms with Gasteiger partial charge in [-0.25, -0.2) is 14.2 Å². The van der Waals surface area contributed by atoms with Gasteiger partial charge in [-0.2, -0.15) is 0 Å². The number of benzene rings is 1. The molecule has 0 aliphatic rings. The van der Waals surface area contributed by atoms with Crippen molar-refractivity contribution in [1.82, 2.24) is 4.98 Å². The van der Waals surface area contributed by atoms with Crippen LogP contribution >= 0.6 is 0 Å². The predicted octanol–water partition coefficient (Wildman–Crippen LogP) is 3.58. The number of carboxylic acid groups (broad SMARTS) is 1. The molecular formula is C15H14FNO3. The van der Waals surface area contributed by atoms with Gasteiger partial charge >= 0.3 is 5.97 Å². The van der Waals surface area contributed by atoms with Gasteiger partial charge in [-0.3, -0.25) is 0 Å². The van der Waals surface area contributed by atoms with E-state index in [0.29, 0.717) is 17.7 Å². The Morgan fingerprint density at radius 1 is 1.40 bits per heavy atom. The number of halogens is 1. The number of rotatable bonds is 4. The Morgan fingerprint density at radius 2 is 2.15 bits per heavy atom. The molecule has 0 bridgehead atoms. The van der Waals surface area contributed by atoms with E-state index in [1.807, 2.05) is 6.92 Å². The maximum atomic E-state index is 13.9. The van der Waals surface area contributed by atoms with Crippen LogP contribution in [0.25, 0.3) is 0 Å². The van der Waals surface area contributed by atoms with Crippen LogP contribution in [0, 0.1) is 12.7 Å². The normalized spacial score (nSPS) is 10.3. The van der Waals surface area contributed by atoms with E-state index in [9.17, 15) is 9.18 Å². The van der Waals surface area contributed by atoms with Gasteiger partial charge in [0.25, 0.3) is 0 Å². The zero-order chi connectivity index (χ0) is 14.7. The van der Waals surface area contributed by atoms with Gasteiger partial charge in [0.05, 0.1) is 5.56 Å². The second kappa shape index (κ2) is 5.69. The van der Waals surface area contributed by atoms with Crippen LogP contribution in [0.3, 0.4) is 0 Å². The molecule has 0 aliphatic carbocycles.